The van der Waals surface area contributed by atoms with Crippen LogP contribution >= 0.6 is 11.6 Å². The number of ether oxygens (including phenoxy) is 1. The van der Waals surface area contributed by atoms with Gasteiger partial charge in [0.2, 0.25) is 11.8 Å². The molecule has 0 aromatic heterocycles. The van der Waals surface area contributed by atoms with Crippen LogP contribution in [0.3, 0.4) is 0 Å². The minimum Gasteiger partial charge on any atom is -0.497 e. The van der Waals surface area contributed by atoms with Crippen molar-refractivity contribution in [3.8, 4) is 5.75 Å². The summed E-state index contributed by atoms with van der Waals surface area (Å²) in [5.41, 5.74) is 1.61. The van der Waals surface area contributed by atoms with E-state index in [1.807, 2.05) is 25.1 Å². The molecule has 2 aromatic rings. The Morgan fingerprint density at radius 3 is 2.63 bits per heavy atom. The molecule has 2 aromatic carbocycles. The van der Waals surface area contributed by atoms with Crippen molar-refractivity contribution in [1.82, 2.24) is 10.2 Å². The summed E-state index contributed by atoms with van der Waals surface area (Å²) in [6, 6.07) is 14.5. The van der Waals surface area contributed by atoms with E-state index in [0.717, 1.165) is 5.56 Å². The summed E-state index contributed by atoms with van der Waals surface area (Å²) in [7, 11) is 3.16. The number of nitrogens with zero attached hydrogens (tertiary/aromatic N) is 1. The first-order valence-electron chi connectivity index (χ1n) is 8.55. The quantitative estimate of drug-likeness (QED) is 0.727. The highest BCUT2D eigenvalue weighted by Gasteiger charge is 2.15. The average molecular weight is 390 g/mol. The fraction of sp³-hybridized carbons (Fsp3) is 0.300. The molecule has 27 heavy (non-hydrogen) atoms. The molecule has 2 amide bonds. The standard InChI is InChI=1S/C20H24ClN3O3/c1-14(15-6-4-7-16(21)10-15)22-12-20(26)24(2)13-19(25)23-17-8-5-9-18(11-17)27-3/h4-11,14,22H,12-13H2,1-3H3,(H,23,25)/t14-/m0/s1. The number of carbonyl (C=O) groups is 2. The molecule has 0 unspecified atom stereocenters. The lowest BCUT2D eigenvalue weighted by atomic mass is 10.1. The molecule has 0 heterocycles. The molecule has 0 spiro atoms. The molecule has 0 saturated carbocycles. The SMILES string of the molecule is COc1cccc(NC(=O)CN(C)C(=O)CN[C@@H](C)c2cccc(Cl)c2)c1. The van der Waals surface area contributed by atoms with Crippen molar-refractivity contribution in [3.05, 3.63) is 59.1 Å². The van der Waals surface area contributed by atoms with Crippen LogP contribution < -0.4 is 15.4 Å². The molecule has 0 aliphatic heterocycles. The van der Waals surface area contributed by atoms with Crippen molar-refractivity contribution in [2.45, 2.75) is 13.0 Å². The van der Waals surface area contributed by atoms with E-state index in [0.29, 0.717) is 16.5 Å². The Hall–Kier alpha value is -2.57. The average Bonchev–Trinajstić information content (AvgIpc) is 2.65. The third-order valence-corrected chi connectivity index (χ3v) is 4.30. The molecule has 2 rings (SSSR count). The highest BCUT2D eigenvalue weighted by Crippen LogP contribution is 2.17. The molecule has 7 heteroatoms. The first-order valence-corrected chi connectivity index (χ1v) is 8.93. The smallest absolute Gasteiger partial charge is 0.243 e. The number of carbonyl (C=O) groups excluding carboxylic acids is 2. The second-order valence-corrected chi connectivity index (χ2v) is 6.62. The van der Waals surface area contributed by atoms with E-state index < -0.39 is 0 Å². The van der Waals surface area contributed by atoms with Crippen LogP contribution in [0.2, 0.25) is 5.02 Å². The summed E-state index contributed by atoms with van der Waals surface area (Å²) in [6.07, 6.45) is 0. The van der Waals surface area contributed by atoms with Gasteiger partial charge in [0.25, 0.3) is 0 Å². The van der Waals surface area contributed by atoms with Crippen LogP contribution in [0.4, 0.5) is 5.69 Å². The van der Waals surface area contributed by atoms with Crippen molar-refractivity contribution in [2.24, 2.45) is 0 Å². The Labute approximate surface area is 164 Å². The summed E-state index contributed by atoms with van der Waals surface area (Å²) < 4.78 is 5.12. The van der Waals surface area contributed by atoms with E-state index >= 15 is 0 Å². The minimum absolute atomic E-state index is 0.0355. The number of methoxy groups -OCH3 is 1. The number of nitrogens with one attached hydrogen (secondary N) is 2. The third-order valence-electron chi connectivity index (χ3n) is 4.07. The van der Waals surface area contributed by atoms with Crippen molar-refractivity contribution in [3.63, 3.8) is 0 Å². The maximum absolute atomic E-state index is 12.3. The number of benzene rings is 2. The third kappa shape index (κ3) is 6.58. The highest BCUT2D eigenvalue weighted by molar-refractivity contribution is 6.30. The van der Waals surface area contributed by atoms with Crippen LogP contribution in [0.1, 0.15) is 18.5 Å². The number of likely N-dealkylation sites (N-methyl/N-ethyl adjacent to an activating group) is 1. The molecule has 1 atom stereocenters. The van der Waals surface area contributed by atoms with Gasteiger partial charge in [0.05, 0.1) is 20.2 Å². The summed E-state index contributed by atoms with van der Waals surface area (Å²) in [5.74, 6) is 0.197. The number of hydrogen-bond donors (Lipinski definition) is 2. The Kier molecular flexibility index (Phi) is 7.64. The van der Waals surface area contributed by atoms with E-state index in [1.165, 1.54) is 4.90 Å². The monoisotopic (exact) mass is 389 g/mol. The summed E-state index contributed by atoms with van der Waals surface area (Å²) in [5, 5.41) is 6.55. The fourth-order valence-corrected chi connectivity index (χ4v) is 2.67. The zero-order chi connectivity index (χ0) is 19.8. The van der Waals surface area contributed by atoms with Crippen LogP contribution in [0, 0.1) is 0 Å². The van der Waals surface area contributed by atoms with Crippen LogP contribution in [0.25, 0.3) is 0 Å². The van der Waals surface area contributed by atoms with Gasteiger partial charge >= 0.3 is 0 Å². The van der Waals surface area contributed by atoms with E-state index in [2.05, 4.69) is 10.6 Å². The second-order valence-electron chi connectivity index (χ2n) is 6.19. The second kappa shape index (κ2) is 9.94. The van der Waals surface area contributed by atoms with Crippen molar-refractivity contribution in [1.29, 1.82) is 0 Å². The van der Waals surface area contributed by atoms with Crippen molar-refractivity contribution in [2.75, 3.05) is 32.6 Å². The summed E-state index contributed by atoms with van der Waals surface area (Å²) in [4.78, 5) is 25.8. The van der Waals surface area contributed by atoms with Crippen LogP contribution in [-0.4, -0.2) is 44.0 Å². The molecule has 0 bridgehead atoms. The number of hydrogen-bond acceptors (Lipinski definition) is 4. The van der Waals surface area contributed by atoms with Gasteiger partial charge in [-0.3, -0.25) is 9.59 Å². The number of amides is 2. The van der Waals surface area contributed by atoms with Gasteiger partial charge in [0.15, 0.2) is 0 Å². The lowest BCUT2D eigenvalue weighted by Crippen LogP contribution is -2.40. The number of rotatable bonds is 8. The van der Waals surface area contributed by atoms with Gasteiger partial charge in [-0.1, -0.05) is 29.8 Å². The molecule has 144 valence electrons. The fourth-order valence-electron chi connectivity index (χ4n) is 2.47. The molecule has 6 nitrogen and oxygen atoms in total. The largest absolute Gasteiger partial charge is 0.497 e. The van der Waals surface area contributed by atoms with Crippen LogP contribution in [0.5, 0.6) is 5.75 Å². The molecular formula is C20H24ClN3O3. The number of halogens is 1. The molecule has 0 fully saturated rings. The van der Waals surface area contributed by atoms with Crippen molar-refractivity contribution < 1.29 is 14.3 Å². The Balaban J connectivity index is 1.81. The predicted molar refractivity (Wildman–Crippen MR) is 107 cm³/mol. The Morgan fingerprint density at radius 1 is 1.19 bits per heavy atom. The highest BCUT2D eigenvalue weighted by atomic mass is 35.5. The van der Waals surface area contributed by atoms with E-state index in [-0.39, 0.29) is 30.9 Å². The molecular weight excluding hydrogens is 366 g/mol. The summed E-state index contributed by atoms with van der Waals surface area (Å²) >= 11 is 5.99. The minimum atomic E-state index is -0.276. The molecule has 0 radical (unpaired) electrons. The van der Waals surface area contributed by atoms with E-state index in [9.17, 15) is 9.59 Å². The van der Waals surface area contributed by atoms with Gasteiger partial charge in [-0.15, -0.1) is 0 Å². The topological polar surface area (TPSA) is 70.7 Å². The number of anilines is 1. The van der Waals surface area contributed by atoms with E-state index in [1.54, 1.807) is 44.5 Å². The van der Waals surface area contributed by atoms with Crippen molar-refractivity contribution >= 4 is 29.1 Å². The van der Waals surface area contributed by atoms with Gasteiger partial charge in [-0.05, 0) is 36.8 Å². The van der Waals surface area contributed by atoms with Gasteiger partial charge < -0.3 is 20.3 Å². The van der Waals surface area contributed by atoms with Gasteiger partial charge in [-0.2, -0.15) is 0 Å². The van der Waals surface area contributed by atoms with Gasteiger partial charge in [0, 0.05) is 29.9 Å². The maximum Gasteiger partial charge on any atom is 0.243 e. The lowest BCUT2D eigenvalue weighted by Gasteiger charge is -2.19. The first kappa shape index (κ1) is 20.7. The maximum atomic E-state index is 12.3. The van der Waals surface area contributed by atoms with Gasteiger partial charge in [0.1, 0.15) is 5.75 Å². The summed E-state index contributed by atoms with van der Waals surface area (Å²) in [6.45, 7) is 2.04. The Bertz CT molecular complexity index is 798. The predicted octanol–water partition coefficient (Wildman–Crippen LogP) is 3.10. The molecule has 0 aliphatic carbocycles. The van der Waals surface area contributed by atoms with Crippen LogP contribution in [-0.2, 0) is 9.59 Å². The molecule has 0 saturated heterocycles. The Morgan fingerprint density at radius 2 is 1.93 bits per heavy atom. The zero-order valence-corrected chi connectivity index (χ0v) is 16.4. The first-order chi connectivity index (χ1) is 12.9. The van der Waals surface area contributed by atoms with Gasteiger partial charge in [-0.25, -0.2) is 0 Å². The lowest BCUT2D eigenvalue weighted by molar-refractivity contribution is -0.132. The van der Waals surface area contributed by atoms with Crippen LogP contribution in [0.15, 0.2) is 48.5 Å². The van der Waals surface area contributed by atoms with E-state index in [4.69, 9.17) is 16.3 Å². The molecule has 0 aliphatic rings. The molecule has 2 N–H and O–H groups in total. The normalized spacial score (nSPS) is 11.6. The zero-order valence-electron chi connectivity index (χ0n) is 15.7.